The second-order valence-electron chi connectivity index (χ2n) is 17.7. The van der Waals surface area contributed by atoms with Crippen LogP contribution in [0.15, 0.2) is 45.6 Å². The predicted molar refractivity (Wildman–Crippen MR) is 249 cm³/mol. The molecular weight excluding hydrogens is 1090 g/mol. The number of nitrogens with zero attached hydrogens (tertiary/aromatic N) is 9. The van der Waals surface area contributed by atoms with E-state index in [-0.39, 0.29) is 34.1 Å². The minimum Gasteiger partial charge on any atom is -0.387 e. The van der Waals surface area contributed by atoms with E-state index in [9.17, 15) is 67.7 Å². The standard InChI is InChI=1S/C37H51N14O22P3/c1-47(2)22(54)8-15-18(70-33(25(15)55)51-14-48(3)24-31(51)45-36(39)46-32(24)58)10-67-74(60,61)72-76(64,65)73-75(62,63)68-11-19-16(28(66-4)35(71-19)50-13-43-23-29(38)41-12-42-30(23)50)7-21(53)40-9-17-26(56)27(57)34(69-17)49-6-5-20(52)44-37(49)59/h5-6,12-19,25-28,33-35,55-57H,7-11H2,1-4H3,(H9-,38,39,40,41,42,44,45,46,52,53,58,59,60,61,62,63,64,65)/p+1/t15-,16-,17-,18-,19-,25-,26-,27-,28-,33-,34-,35-/m1/s1. The lowest BCUT2D eigenvalue weighted by Crippen LogP contribution is -2.45. The number of H-pyrrole nitrogens is 2. The van der Waals surface area contributed by atoms with Gasteiger partial charge in [0.25, 0.3) is 17.1 Å². The van der Waals surface area contributed by atoms with Crippen LogP contribution in [-0.2, 0) is 66.9 Å². The number of anilines is 2. The number of imidazole rings is 2. The Balaban J connectivity index is 0.938. The van der Waals surface area contributed by atoms with Crippen molar-refractivity contribution in [2.24, 2.45) is 18.9 Å². The Hall–Kier alpha value is -5.75. The molecule has 416 valence electrons. The van der Waals surface area contributed by atoms with Crippen LogP contribution in [0.4, 0.5) is 11.8 Å². The molecule has 8 heterocycles. The number of hydrogen-bond donors (Lipinski definition) is 11. The fraction of sp³-hybridized carbons (Fsp3) is 0.568. The van der Waals surface area contributed by atoms with Crippen molar-refractivity contribution in [3.8, 4) is 0 Å². The van der Waals surface area contributed by atoms with Gasteiger partial charge in [0, 0.05) is 64.7 Å². The number of aliphatic hydroxyl groups is 3. The summed E-state index contributed by atoms with van der Waals surface area (Å²) in [6, 6.07) is 0.986. The normalized spacial score (nSPS) is 29.1. The number of nitrogen functional groups attached to an aromatic ring is 2. The number of carbonyl (C=O) groups excluding carboxylic acids is 2. The van der Waals surface area contributed by atoms with Gasteiger partial charge in [-0.1, -0.05) is 4.98 Å². The summed E-state index contributed by atoms with van der Waals surface area (Å²) in [5, 5.41) is 35.4. The van der Waals surface area contributed by atoms with Crippen molar-refractivity contribution >= 4 is 69.4 Å². The van der Waals surface area contributed by atoms with Crippen LogP contribution in [0.1, 0.15) is 31.5 Å². The summed E-state index contributed by atoms with van der Waals surface area (Å²) < 4.78 is 86.5. The Morgan fingerprint density at radius 3 is 2.16 bits per heavy atom. The second kappa shape index (κ2) is 21.9. The summed E-state index contributed by atoms with van der Waals surface area (Å²) in [7, 11) is -12.3. The van der Waals surface area contributed by atoms with Crippen LogP contribution in [0.5, 0.6) is 0 Å². The van der Waals surface area contributed by atoms with Crippen LogP contribution in [0, 0.1) is 11.8 Å². The summed E-state index contributed by atoms with van der Waals surface area (Å²) in [5.74, 6) is -4.01. The van der Waals surface area contributed by atoms with Crippen molar-refractivity contribution in [2.45, 2.75) is 74.3 Å². The predicted octanol–water partition coefficient (Wildman–Crippen LogP) is -4.52. The second-order valence-corrected chi connectivity index (χ2v) is 22.3. The van der Waals surface area contributed by atoms with Crippen molar-refractivity contribution in [3.05, 3.63) is 62.4 Å². The number of phosphoric acid groups is 3. The van der Waals surface area contributed by atoms with Gasteiger partial charge < -0.3 is 70.6 Å². The zero-order chi connectivity index (χ0) is 55.3. The van der Waals surface area contributed by atoms with Crippen molar-refractivity contribution in [1.82, 2.24) is 53.8 Å². The van der Waals surface area contributed by atoms with Gasteiger partial charge in [-0.15, -0.1) is 0 Å². The van der Waals surface area contributed by atoms with E-state index in [0.717, 1.165) is 23.2 Å². The highest BCUT2D eigenvalue weighted by Gasteiger charge is 2.52. The smallest absolute Gasteiger partial charge is 0.387 e. The van der Waals surface area contributed by atoms with E-state index in [1.165, 1.54) is 59.5 Å². The Morgan fingerprint density at radius 1 is 0.855 bits per heavy atom. The van der Waals surface area contributed by atoms with Crippen molar-refractivity contribution in [3.63, 3.8) is 0 Å². The average Bonchev–Trinajstić information content (AvgIpc) is 4.16. The molecule has 5 aromatic rings. The molecule has 5 aromatic heterocycles. The molecule has 3 unspecified atom stereocenters. The van der Waals surface area contributed by atoms with Crippen LogP contribution < -0.4 is 38.2 Å². The van der Waals surface area contributed by atoms with E-state index in [1.54, 1.807) is 0 Å². The van der Waals surface area contributed by atoms with E-state index >= 15 is 0 Å². The maximum Gasteiger partial charge on any atom is 0.490 e. The van der Waals surface area contributed by atoms with Gasteiger partial charge in [-0.05, 0) is 0 Å². The molecule has 0 radical (unpaired) electrons. The summed E-state index contributed by atoms with van der Waals surface area (Å²) in [6.45, 7) is -2.52. The maximum absolute atomic E-state index is 13.6. The molecule has 3 aliphatic heterocycles. The van der Waals surface area contributed by atoms with Crippen LogP contribution >= 0.6 is 23.5 Å². The molecule has 0 aromatic carbocycles. The highest BCUT2D eigenvalue weighted by Crippen LogP contribution is 2.68. The lowest BCUT2D eigenvalue weighted by molar-refractivity contribution is -0.745. The number of aromatic amines is 2. The number of methoxy groups -OCH3 is 1. The zero-order valence-electron chi connectivity index (χ0n) is 40.1. The van der Waals surface area contributed by atoms with Crippen LogP contribution in [0.2, 0.25) is 0 Å². The SMILES string of the molecule is CO[C@@H]1[C@H](CC(=O)NC[C@H]2O[C@@H](n3ccc(=O)[nH]c3=O)[C@H](O)[C@@H]2O)[C@@H](COP(=O)(O)OP(=O)(O)OP(=O)(O)OC[C@H]2O[C@@H]([n+]3cn(C)c4c(=O)[nH]c(N)nc43)[C@H](O)[C@@H]2CC(=O)N(C)C)O[C@H]1n1cnc2c(N)ncnc21. The first-order chi connectivity index (χ1) is 35.7. The summed E-state index contributed by atoms with van der Waals surface area (Å²) in [6.07, 6.45) is -10.7. The third kappa shape index (κ3) is 11.9. The van der Waals surface area contributed by atoms with Gasteiger partial charge in [-0.25, -0.2) is 38.0 Å². The van der Waals surface area contributed by atoms with Crippen LogP contribution in [-0.4, -0.2) is 174 Å². The molecule has 3 fully saturated rings. The Morgan fingerprint density at radius 2 is 1.51 bits per heavy atom. The Labute approximate surface area is 424 Å². The molecule has 0 bridgehead atoms. The number of aliphatic hydroxyl groups excluding tert-OH is 3. The third-order valence-electron chi connectivity index (χ3n) is 12.5. The van der Waals surface area contributed by atoms with Gasteiger partial charge in [-0.2, -0.15) is 8.62 Å². The molecule has 76 heavy (non-hydrogen) atoms. The number of amides is 2. The number of phosphoric ester groups is 2. The van der Waals surface area contributed by atoms with Gasteiger partial charge in [0.2, 0.25) is 23.6 Å². The highest BCUT2D eigenvalue weighted by molar-refractivity contribution is 7.66. The molecule has 3 aliphatic rings. The largest absolute Gasteiger partial charge is 0.490 e. The van der Waals surface area contributed by atoms with Crippen LogP contribution in [0.25, 0.3) is 22.3 Å². The molecule has 0 spiro atoms. The molecule has 15 atom stereocenters. The van der Waals surface area contributed by atoms with E-state index in [4.69, 9.17) is 39.5 Å². The molecule has 8 rings (SSSR count). The van der Waals surface area contributed by atoms with Gasteiger partial charge in [0.15, 0.2) is 30.2 Å². The fourth-order valence-corrected chi connectivity index (χ4v) is 12.5. The number of carbonyl (C=O) groups is 2. The Kier molecular flexibility index (Phi) is 16.3. The maximum atomic E-state index is 13.6. The number of nitrogens with one attached hydrogen (secondary N) is 3. The van der Waals surface area contributed by atoms with E-state index in [1.807, 2.05) is 4.98 Å². The van der Waals surface area contributed by atoms with Crippen molar-refractivity contribution in [1.29, 1.82) is 0 Å². The van der Waals surface area contributed by atoms with Gasteiger partial charge in [0.05, 0.1) is 38.8 Å². The number of rotatable bonds is 20. The zero-order valence-corrected chi connectivity index (χ0v) is 42.8. The summed E-state index contributed by atoms with van der Waals surface area (Å²) >= 11 is 0. The lowest BCUT2D eigenvalue weighted by Gasteiger charge is -2.24. The number of ether oxygens (including phenoxy) is 4. The molecule has 2 amide bonds. The van der Waals surface area contributed by atoms with Crippen molar-refractivity contribution in [2.75, 3.05) is 52.4 Å². The molecule has 13 N–H and O–H groups in total. The number of nitrogens with two attached hydrogens (primary N) is 2. The van der Waals surface area contributed by atoms with Crippen LogP contribution in [0.3, 0.4) is 0 Å². The molecule has 0 aliphatic carbocycles. The number of aryl methyl sites for hydroxylation is 1. The van der Waals surface area contributed by atoms with E-state index in [0.29, 0.717) is 0 Å². The molecule has 36 nitrogen and oxygen atoms in total. The van der Waals surface area contributed by atoms with Crippen molar-refractivity contribution < 1.29 is 94.5 Å². The number of fused-ring (bicyclic) bond motifs is 2. The summed E-state index contributed by atoms with van der Waals surface area (Å²) in [5.41, 5.74) is 9.60. The minimum atomic E-state index is -6.15. The highest BCUT2D eigenvalue weighted by atomic mass is 31.3. The molecular formula is C37H52N14O22P3+. The first-order valence-electron chi connectivity index (χ1n) is 22.4. The summed E-state index contributed by atoms with van der Waals surface area (Å²) in [4.78, 5) is 117. The Bertz CT molecular complexity index is 3330. The third-order valence-corrected chi connectivity index (χ3v) is 16.8. The number of aromatic nitrogens is 10. The van der Waals surface area contributed by atoms with Gasteiger partial charge in [-0.3, -0.25) is 51.9 Å². The van der Waals surface area contributed by atoms with Gasteiger partial charge >= 0.3 is 34.8 Å². The van der Waals surface area contributed by atoms with E-state index in [2.05, 4.69) is 38.9 Å². The first-order valence-corrected chi connectivity index (χ1v) is 26.9. The lowest BCUT2D eigenvalue weighted by atomic mass is 9.93. The quantitative estimate of drug-likeness (QED) is 0.0258. The van der Waals surface area contributed by atoms with Gasteiger partial charge in [0.1, 0.15) is 42.4 Å². The van der Waals surface area contributed by atoms with E-state index < -0.39 is 158 Å². The molecule has 39 heteroatoms. The minimum absolute atomic E-state index is 0.00670. The number of hydrogen-bond acceptors (Lipinski definition) is 25. The fourth-order valence-electron chi connectivity index (χ4n) is 8.95. The monoisotopic (exact) mass is 1140 g/mol. The molecule has 0 saturated carbocycles. The topological polar surface area (TPSA) is 501 Å². The average molecular weight is 1140 g/mol. The molecule has 3 saturated heterocycles. The first kappa shape index (κ1) is 56.5.